The minimum Gasteiger partial charge on any atom is -0.367 e. The predicted octanol–water partition coefficient (Wildman–Crippen LogP) is 4.47. The maximum atomic E-state index is 12.9. The number of anilines is 1. The fraction of sp³-hybridized carbons (Fsp3) is 0.424. The van der Waals surface area contributed by atoms with E-state index in [2.05, 4.69) is 59.2 Å². The van der Waals surface area contributed by atoms with Gasteiger partial charge in [-0.05, 0) is 50.5 Å². The number of pyridine rings is 1. The van der Waals surface area contributed by atoms with Crippen LogP contribution in [0.5, 0.6) is 0 Å². The van der Waals surface area contributed by atoms with Gasteiger partial charge in [0.05, 0.1) is 11.8 Å². The fourth-order valence-corrected chi connectivity index (χ4v) is 5.85. The zero-order valence-electron chi connectivity index (χ0n) is 24.7. The largest absolute Gasteiger partial charge is 0.367 e. The summed E-state index contributed by atoms with van der Waals surface area (Å²) in [6.45, 7) is 8.87. The molecule has 4 atom stereocenters. The Labute approximate surface area is 247 Å². The van der Waals surface area contributed by atoms with Crippen LogP contribution in [0.25, 0.3) is 0 Å². The Morgan fingerprint density at radius 1 is 1.07 bits per heavy atom. The molecule has 1 amide bonds. The van der Waals surface area contributed by atoms with Crippen molar-refractivity contribution in [2.45, 2.75) is 76.8 Å². The van der Waals surface area contributed by atoms with Crippen LogP contribution in [-0.4, -0.2) is 60.4 Å². The molecule has 42 heavy (non-hydrogen) atoms. The SMILES string of the molecule is CC=Nc1c(C[C@@H]2O[C@H](C(=O)NCC)[C@H]3OC(C)(C)O[C@H]32)cc(CN)nc1NCC(c1ccccc1)c1ccccc1. The molecule has 0 saturated carbocycles. The summed E-state index contributed by atoms with van der Waals surface area (Å²) < 4.78 is 18.7. The van der Waals surface area contributed by atoms with Gasteiger partial charge in [0.2, 0.25) is 0 Å². The van der Waals surface area contributed by atoms with Crippen molar-refractivity contribution in [2.75, 3.05) is 18.4 Å². The Morgan fingerprint density at radius 3 is 2.31 bits per heavy atom. The van der Waals surface area contributed by atoms with E-state index in [1.54, 1.807) is 6.21 Å². The highest BCUT2D eigenvalue weighted by atomic mass is 16.8. The molecule has 2 aromatic carbocycles. The van der Waals surface area contributed by atoms with Gasteiger partial charge in [-0.15, -0.1) is 0 Å². The average molecular weight is 572 g/mol. The van der Waals surface area contributed by atoms with Crippen LogP contribution in [0.4, 0.5) is 11.5 Å². The topological polar surface area (TPSA) is 120 Å². The second-order valence-corrected chi connectivity index (χ2v) is 11.1. The molecule has 2 saturated heterocycles. The molecule has 0 radical (unpaired) electrons. The number of nitrogens with zero attached hydrogens (tertiary/aromatic N) is 2. The van der Waals surface area contributed by atoms with Gasteiger partial charge in [0.1, 0.15) is 17.9 Å². The number of ether oxygens (including phenoxy) is 3. The summed E-state index contributed by atoms with van der Waals surface area (Å²) in [5, 5.41) is 6.46. The number of hydrogen-bond donors (Lipinski definition) is 3. The van der Waals surface area contributed by atoms with Crippen LogP contribution in [-0.2, 0) is 32.0 Å². The molecule has 2 aliphatic heterocycles. The minimum absolute atomic E-state index is 0.0978. The number of aromatic nitrogens is 1. The first-order valence-electron chi connectivity index (χ1n) is 14.7. The van der Waals surface area contributed by atoms with Gasteiger partial charge >= 0.3 is 0 Å². The molecule has 0 bridgehead atoms. The first-order chi connectivity index (χ1) is 20.3. The molecule has 5 rings (SSSR count). The lowest BCUT2D eigenvalue weighted by Crippen LogP contribution is -2.42. The van der Waals surface area contributed by atoms with E-state index in [0.717, 1.165) is 11.3 Å². The minimum atomic E-state index is -0.816. The molecule has 9 nitrogen and oxygen atoms in total. The molecule has 3 aromatic rings. The molecule has 0 aliphatic carbocycles. The second kappa shape index (κ2) is 13.1. The van der Waals surface area contributed by atoms with Crippen LogP contribution in [0.15, 0.2) is 71.7 Å². The van der Waals surface area contributed by atoms with E-state index in [-0.39, 0.29) is 18.4 Å². The van der Waals surface area contributed by atoms with E-state index in [0.29, 0.717) is 31.0 Å². The molecular weight excluding hydrogens is 530 g/mol. The van der Waals surface area contributed by atoms with Gasteiger partial charge in [-0.3, -0.25) is 9.79 Å². The van der Waals surface area contributed by atoms with E-state index in [4.69, 9.17) is 29.9 Å². The van der Waals surface area contributed by atoms with Crippen molar-refractivity contribution in [3.63, 3.8) is 0 Å². The normalized spacial score (nSPS) is 22.9. The van der Waals surface area contributed by atoms with E-state index >= 15 is 0 Å². The predicted molar refractivity (Wildman–Crippen MR) is 164 cm³/mol. The van der Waals surface area contributed by atoms with Crippen molar-refractivity contribution >= 4 is 23.6 Å². The molecular formula is C33H41N5O4. The smallest absolute Gasteiger partial charge is 0.251 e. The number of nitrogens with one attached hydrogen (secondary N) is 2. The fourth-order valence-electron chi connectivity index (χ4n) is 5.85. The number of hydrogen-bond acceptors (Lipinski definition) is 8. The van der Waals surface area contributed by atoms with Crippen molar-refractivity contribution in [2.24, 2.45) is 10.7 Å². The van der Waals surface area contributed by atoms with Gasteiger partial charge in [-0.2, -0.15) is 0 Å². The van der Waals surface area contributed by atoms with Crippen molar-refractivity contribution < 1.29 is 19.0 Å². The van der Waals surface area contributed by atoms with Crippen molar-refractivity contribution in [1.29, 1.82) is 0 Å². The van der Waals surface area contributed by atoms with Crippen LogP contribution in [0, 0.1) is 0 Å². The summed E-state index contributed by atoms with van der Waals surface area (Å²) in [5.41, 5.74) is 10.9. The molecule has 2 aliphatic rings. The summed E-state index contributed by atoms with van der Waals surface area (Å²) in [6, 6.07) is 22.8. The number of benzene rings is 2. The lowest BCUT2D eigenvalue weighted by molar-refractivity contribution is -0.188. The number of carbonyl (C=O) groups excluding carboxylic acids is 1. The monoisotopic (exact) mass is 571 g/mol. The van der Waals surface area contributed by atoms with Gasteiger partial charge < -0.3 is 30.6 Å². The van der Waals surface area contributed by atoms with Crippen molar-refractivity contribution in [3.05, 3.63) is 89.1 Å². The number of likely N-dealkylation sites (N-methyl/N-ethyl adjacent to an activating group) is 1. The third kappa shape index (κ3) is 6.55. The molecule has 3 heterocycles. The van der Waals surface area contributed by atoms with E-state index in [9.17, 15) is 4.79 Å². The first-order valence-corrected chi connectivity index (χ1v) is 14.7. The Balaban J connectivity index is 1.45. The quantitative estimate of drug-likeness (QED) is 0.291. The van der Waals surface area contributed by atoms with Crippen molar-refractivity contribution in [1.82, 2.24) is 10.3 Å². The molecule has 9 heteroatoms. The standard InChI is InChI=1S/C33H41N5O4/c1-5-35-27-23(18-26-28-29(42-33(3,4)41-28)30(40-26)32(39)36-6-2)17-24(19-34)38-31(27)37-20-25(21-13-9-7-10-14-21)22-15-11-8-12-16-22/h5,7-17,25-26,28-30H,6,18-20,34H2,1-4H3,(H,36,39)(H,37,38)/t26-,28-,29-,30-/m0/s1. The lowest BCUT2D eigenvalue weighted by Gasteiger charge is -2.25. The number of fused-ring (bicyclic) bond motifs is 1. The number of aliphatic imine (C=N–C) groups is 1. The van der Waals surface area contributed by atoms with E-state index in [1.807, 2.05) is 45.9 Å². The average Bonchev–Trinajstić information content (AvgIpc) is 3.48. The number of carbonyl (C=O) groups is 1. The van der Waals surface area contributed by atoms with Crippen LogP contribution in [0.3, 0.4) is 0 Å². The van der Waals surface area contributed by atoms with Gasteiger partial charge in [0.15, 0.2) is 17.7 Å². The van der Waals surface area contributed by atoms with Crippen LogP contribution >= 0.6 is 0 Å². The van der Waals surface area contributed by atoms with Gasteiger partial charge in [0.25, 0.3) is 5.91 Å². The summed E-state index contributed by atoms with van der Waals surface area (Å²) >= 11 is 0. The third-order valence-corrected chi connectivity index (χ3v) is 7.65. The first kappa shape index (κ1) is 29.8. The van der Waals surface area contributed by atoms with E-state index in [1.165, 1.54) is 11.1 Å². The maximum absolute atomic E-state index is 12.9. The number of rotatable bonds is 11. The Morgan fingerprint density at radius 2 is 1.71 bits per heavy atom. The molecule has 2 fully saturated rings. The number of nitrogens with two attached hydrogens (primary N) is 1. The summed E-state index contributed by atoms with van der Waals surface area (Å²) in [4.78, 5) is 22.5. The van der Waals surface area contributed by atoms with Crippen LogP contribution in [0.1, 0.15) is 56.0 Å². The Bertz CT molecular complexity index is 1340. The summed E-state index contributed by atoms with van der Waals surface area (Å²) in [7, 11) is 0. The highest BCUT2D eigenvalue weighted by molar-refractivity contribution is 5.82. The zero-order chi connectivity index (χ0) is 29.7. The lowest BCUT2D eigenvalue weighted by atomic mass is 9.91. The van der Waals surface area contributed by atoms with Gasteiger partial charge in [-0.25, -0.2) is 4.98 Å². The van der Waals surface area contributed by atoms with Crippen LogP contribution < -0.4 is 16.4 Å². The Kier molecular flexibility index (Phi) is 9.33. The van der Waals surface area contributed by atoms with Gasteiger partial charge in [-0.1, -0.05) is 60.7 Å². The highest BCUT2D eigenvalue weighted by Crippen LogP contribution is 2.41. The highest BCUT2D eigenvalue weighted by Gasteiger charge is 2.57. The molecule has 1 aromatic heterocycles. The van der Waals surface area contributed by atoms with Crippen LogP contribution in [0.2, 0.25) is 0 Å². The van der Waals surface area contributed by atoms with Gasteiger partial charge in [0, 0.05) is 38.2 Å². The summed E-state index contributed by atoms with van der Waals surface area (Å²) in [6.07, 6.45) is 0.128. The number of amides is 1. The maximum Gasteiger partial charge on any atom is 0.251 e. The zero-order valence-corrected chi connectivity index (χ0v) is 24.7. The molecule has 0 spiro atoms. The Hall–Kier alpha value is -3.63. The molecule has 0 unspecified atom stereocenters. The third-order valence-electron chi connectivity index (χ3n) is 7.65. The van der Waals surface area contributed by atoms with Crippen molar-refractivity contribution in [3.8, 4) is 0 Å². The van der Waals surface area contributed by atoms with E-state index < -0.39 is 30.2 Å². The second-order valence-electron chi connectivity index (χ2n) is 11.1. The summed E-state index contributed by atoms with van der Waals surface area (Å²) in [5.74, 6) is -0.262. The molecule has 4 N–H and O–H groups in total. The molecule has 222 valence electrons.